The Morgan fingerprint density at radius 1 is 0.323 bits per heavy atom. The molecule has 0 saturated carbocycles. The lowest BCUT2D eigenvalue weighted by molar-refractivity contribution is -0.167. The summed E-state index contributed by atoms with van der Waals surface area (Å²) in [6.07, 6.45) is 55.1. The number of esters is 3. The smallest absolute Gasteiger partial charge is 0.306 e. The molecule has 0 saturated heterocycles. The molecule has 0 aromatic rings. The van der Waals surface area contributed by atoms with E-state index in [4.69, 9.17) is 14.2 Å². The number of rotatable bonds is 53. The Hall–Kier alpha value is -1.59. The maximum absolute atomic E-state index is 12.8. The van der Waals surface area contributed by atoms with Gasteiger partial charge in [0.2, 0.25) is 0 Å². The Kier molecular flexibility index (Phi) is 50.5. The largest absolute Gasteiger partial charge is 0.462 e. The maximum atomic E-state index is 12.8. The molecule has 0 aliphatic rings. The van der Waals surface area contributed by atoms with Crippen LogP contribution in [0.5, 0.6) is 0 Å². The topological polar surface area (TPSA) is 78.9 Å². The molecule has 0 aromatic carbocycles. The highest BCUT2D eigenvalue weighted by molar-refractivity contribution is 5.71. The summed E-state index contributed by atoms with van der Waals surface area (Å²) in [5.41, 5.74) is 0. The van der Waals surface area contributed by atoms with E-state index < -0.39 is 6.10 Å². The van der Waals surface area contributed by atoms with E-state index in [9.17, 15) is 14.4 Å². The van der Waals surface area contributed by atoms with Crippen LogP contribution in [0, 0.1) is 11.8 Å². The van der Waals surface area contributed by atoms with Gasteiger partial charge in [-0.1, -0.05) is 291 Å². The number of carbonyl (C=O) groups excluding carboxylic acids is 3. The summed E-state index contributed by atoms with van der Waals surface area (Å²) in [7, 11) is 0. The first-order valence-electron chi connectivity index (χ1n) is 29.3. The quantitative estimate of drug-likeness (QED) is 0.0344. The van der Waals surface area contributed by atoms with E-state index in [1.807, 2.05) is 0 Å². The molecule has 0 spiro atoms. The molecule has 0 aromatic heterocycles. The molecule has 0 heterocycles. The van der Waals surface area contributed by atoms with E-state index in [0.29, 0.717) is 19.3 Å². The number of unbranched alkanes of at least 4 members (excludes halogenated alkanes) is 37. The van der Waals surface area contributed by atoms with Crippen molar-refractivity contribution in [3.8, 4) is 0 Å². The maximum Gasteiger partial charge on any atom is 0.306 e. The first-order chi connectivity index (χ1) is 31.8. The molecular weight excluding hydrogens is 805 g/mol. The van der Waals surface area contributed by atoms with Gasteiger partial charge in [0.25, 0.3) is 0 Å². The minimum Gasteiger partial charge on any atom is -0.462 e. The zero-order valence-electron chi connectivity index (χ0n) is 44.6. The van der Waals surface area contributed by atoms with Crippen LogP contribution in [-0.4, -0.2) is 37.2 Å². The third-order valence-electron chi connectivity index (χ3n) is 13.8. The van der Waals surface area contributed by atoms with E-state index in [-0.39, 0.29) is 31.1 Å². The second-order valence-corrected chi connectivity index (χ2v) is 21.0. The minimum absolute atomic E-state index is 0.0626. The van der Waals surface area contributed by atoms with Crippen molar-refractivity contribution in [2.45, 2.75) is 336 Å². The predicted octanol–water partition coefficient (Wildman–Crippen LogP) is 19.3. The highest BCUT2D eigenvalue weighted by Gasteiger charge is 2.19. The Labute approximate surface area is 406 Å². The fourth-order valence-electron chi connectivity index (χ4n) is 9.02. The van der Waals surface area contributed by atoms with Crippen molar-refractivity contribution in [2.24, 2.45) is 11.8 Å². The Morgan fingerprint density at radius 3 is 0.877 bits per heavy atom. The molecule has 0 amide bonds. The van der Waals surface area contributed by atoms with Crippen molar-refractivity contribution >= 4 is 17.9 Å². The van der Waals surface area contributed by atoms with Crippen LogP contribution in [0.1, 0.15) is 330 Å². The molecule has 0 fully saturated rings. The SMILES string of the molecule is CCCCCCCCCCCCCCCCC(=O)OC[C@@H](COC(=O)CCCCCCCCCCCCCCCCC(C)CC)OC(=O)CCCCCCCCCCCCCCC(C)C. The van der Waals surface area contributed by atoms with E-state index in [2.05, 4.69) is 34.6 Å². The van der Waals surface area contributed by atoms with Crippen LogP contribution >= 0.6 is 0 Å². The standard InChI is InChI=1S/C59H114O6/c1-6-8-9-10-11-12-13-14-18-24-29-34-39-44-49-57(60)63-52-56(65-59(62)51-46-41-36-31-26-21-20-22-27-32-37-42-47-54(3)4)53-64-58(61)50-45-40-35-30-25-19-16-15-17-23-28-33-38-43-48-55(5)7-2/h54-56H,6-53H2,1-5H3/t55?,56-/m0/s1. The van der Waals surface area contributed by atoms with Crippen molar-refractivity contribution in [2.75, 3.05) is 13.2 Å². The second-order valence-electron chi connectivity index (χ2n) is 21.0. The van der Waals surface area contributed by atoms with Crippen LogP contribution in [-0.2, 0) is 28.6 Å². The summed E-state index contributed by atoms with van der Waals surface area (Å²) in [4.78, 5) is 38.2. The van der Waals surface area contributed by atoms with Crippen LogP contribution in [0.3, 0.4) is 0 Å². The van der Waals surface area contributed by atoms with Gasteiger partial charge in [-0.3, -0.25) is 14.4 Å². The van der Waals surface area contributed by atoms with E-state index in [0.717, 1.165) is 69.6 Å². The van der Waals surface area contributed by atoms with Crippen molar-refractivity contribution in [1.29, 1.82) is 0 Å². The van der Waals surface area contributed by atoms with Crippen molar-refractivity contribution in [1.82, 2.24) is 0 Å². The van der Waals surface area contributed by atoms with Gasteiger partial charge in [-0.2, -0.15) is 0 Å². The van der Waals surface area contributed by atoms with Gasteiger partial charge in [-0.05, 0) is 31.1 Å². The number of hydrogen-bond donors (Lipinski definition) is 0. The molecule has 65 heavy (non-hydrogen) atoms. The van der Waals surface area contributed by atoms with Crippen molar-refractivity contribution < 1.29 is 28.6 Å². The average molecular weight is 920 g/mol. The molecule has 6 heteroatoms. The first kappa shape index (κ1) is 63.4. The molecule has 386 valence electrons. The monoisotopic (exact) mass is 919 g/mol. The highest BCUT2D eigenvalue weighted by Crippen LogP contribution is 2.19. The summed E-state index contributed by atoms with van der Waals surface area (Å²) < 4.78 is 16.9. The third kappa shape index (κ3) is 51.6. The molecule has 0 N–H and O–H groups in total. The summed E-state index contributed by atoms with van der Waals surface area (Å²) in [5, 5.41) is 0. The second kappa shape index (κ2) is 51.8. The van der Waals surface area contributed by atoms with Crippen molar-refractivity contribution in [3.05, 3.63) is 0 Å². The van der Waals surface area contributed by atoms with Crippen LogP contribution in [0.25, 0.3) is 0 Å². The fourth-order valence-corrected chi connectivity index (χ4v) is 9.02. The predicted molar refractivity (Wildman–Crippen MR) is 280 cm³/mol. The molecular formula is C59H114O6. The minimum atomic E-state index is -0.763. The molecule has 0 bridgehead atoms. The lowest BCUT2D eigenvalue weighted by Gasteiger charge is -2.18. The third-order valence-corrected chi connectivity index (χ3v) is 13.8. The fraction of sp³-hybridized carbons (Fsp3) is 0.949. The highest BCUT2D eigenvalue weighted by atomic mass is 16.6. The first-order valence-corrected chi connectivity index (χ1v) is 29.3. The summed E-state index contributed by atoms with van der Waals surface area (Å²) in [6, 6.07) is 0. The molecule has 6 nitrogen and oxygen atoms in total. The summed E-state index contributed by atoms with van der Waals surface area (Å²) in [5.74, 6) is 0.890. The number of ether oxygens (including phenoxy) is 3. The van der Waals surface area contributed by atoms with Crippen LogP contribution < -0.4 is 0 Å². The Morgan fingerprint density at radius 2 is 0.585 bits per heavy atom. The van der Waals surface area contributed by atoms with Crippen LogP contribution in [0.2, 0.25) is 0 Å². The zero-order chi connectivity index (χ0) is 47.5. The number of hydrogen-bond acceptors (Lipinski definition) is 6. The van der Waals surface area contributed by atoms with Gasteiger partial charge in [0.05, 0.1) is 0 Å². The lowest BCUT2D eigenvalue weighted by atomic mass is 9.99. The lowest BCUT2D eigenvalue weighted by Crippen LogP contribution is -2.30. The molecule has 0 aliphatic heterocycles. The van der Waals surface area contributed by atoms with Crippen LogP contribution in [0.4, 0.5) is 0 Å². The number of carbonyl (C=O) groups is 3. The summed E-state index contributed by atoms with van der Waals surface area (Å²) >= 11 is 0. The Balaban J connectivity index is 4.29. The molecule has 0 aliphatic carbocycles. The molecule has 0 radical (unpaired) electrons. The molecule has 1 unspecified atom stereocenters. The normalized spacial score (nSPS) is 12.5. The van der Waals surface area contributed by atoms with Crippen LogP contribution in [0.15, 0.2) is 0 Å². The van der Waals surface area contributed by atoms with E-state index in [1.54, 1.807) is 0 Å². The molecule has 0 rings (SSSR count). The van der Waals surface area contributed by atoms with Gasteiger partial charge in [-0.15, -0.1) is 0 Å². The van der Waals surface area contributed by atoms with E-state index >= 15 is 0 Å². The molecule has 2 atom stereocenters. The van der Waals surface area contributed by atoms with Gasteiger partial charge in [-0.25, -0.2) is 0 Å². The average Bonchev–Trinajstić information content (AvgIpc) is 3.29. The van der Waals surface area contributed by atoms with Gasteiger partial charge in [0.15, 0.2) is 6.10 Å². The van der Waals surface area contributed by atoms with Gasteiger partial charge in [0.1, 0.15) is 13.2 Å². The zero-order valence-corrected chi connectivity index (χ0v) is 44.6. The van der Waals surface area contributed by atoms with Gasteiger partial charge < -0.3 is 14.2 Å². The summed E-state index contributed by atoms with van der Waals surface area (Å²) in [6.45, 7) is 11.5. The van der Waals surface area contributed by atoms with Gasteiger partial charge in [0, 0.05) is 19.3 Å². The van der Waals surface area contributed by atoms with Crippen molar-refractivity contribution in [3.63, 3.8) is 0 Å². The van der Waals surface area contributed by atoms with Gasteiger partial charge >= 0.3 is 17.9 Å². The van der Waals surface area contributed by atoms with E-state index in [1.165, 1.54) is 218 Å². The Bertz CT molecular complexity index is 995.